The molecule has 100 valence electrons. The van der Waals surface area contributed by atoms with Crippen LogP contribution in [0.1, 0.15) is 26.7 Å². The molecule has 1 N–H and O–H groups in total. The van der Waals surface area contributed by atoms with Crippen molar-refractivity contribution in [1.29, 1.82) is 0 Å². The third kappa shape index (κ3) is 2.38. The number of carbonyl (C=O) groups excluding carboxylic acids is 3. The zero-order chi connectivity index (χ0) is 13.3. The van der Waals surface area contributed by atoms with Crippen molar-refractivity contribution in [2.24, 2.45) is 11.3 Å². The molecule has 2 rings (SSSR count). The van der Waals surface area contributed by atoms with Gasteiger partial charge >= 0.3 is 6.03 Å². The second kappa shape index (κ2) is 4.68. The number of rotatable bonds is 2. The minimum Gasteiger partial charge on any atom is -0.381 e. The normalized spacial score (nSPS) is 28.2. The number of ether oxygens (including phenoxy) is 1. The van der Waals surface area contributed by atoms with Gasteiger partial charge in [0.1, 0.15) is 5.92 Å². The average Bonchev–Trinajstić information content (AvgIpc) is 2.33. The zero-order valence-corrected chi connectivity index (χ0v) is 10.7. The molecule has 2 aliphatic heterocycles. The second-order valence-corrected chi connectivity index (χ2v) is 5.36. The average molecular weight is 254 g/mol. The van der Waals surface area contributed by atoms with E-state index in [9.17, 15) is 14.4 Å². The SMILES string of the molecule is CC1C(=O)NC(=O)N(CC2(C)CCOCC2)C1=O. The summed E-state index contributed by atoms with van der Waals surface area (Å²) in [5, 5.41) is 2.21. The number of hydrogen-bond donors (Lipinski definition) is 1. The van der Waals surface area contributed by atoms with Crippen LogP contribution in [-0.4, -0.2) is 42.5 Å². The van der Waals surface area contributed by atoms with Gasteiger partial charge in [-0.25, -0.2) is 4.79 Å². The van der Waals surface area contributed by atoms with Gasteiger partial charge in [-0.2, -0.15) is 0 Å². The highest BCUT2D eigenvalue weighted by Crippen LogP contribution is 2.31. The smallest absolute Gasteiger partial charge is 0.330 e. The molecule has 4 amide bonds. The summed E-state index contributed by atoms with van der Waals surface area (Å²) in [6, 6.07) is -0.601. The van der Waals surface area contributed by atoms with E-state index in [2.05, 4.69) is 5.32 Å². The molecule has 2 fully saturated rings. The first-order chi connectivity index (χ1) is 8.43. The minimum atomic E-state index is -0.786. The molecule has 0 bridgehead atoms. The summed E-state index contributed by atoms with van der Waals surface area (Å²) < 4.78 is 5.29. The van der Waals surface area contributed by atoms with E-state index in [1.165, 1.54) is 6.92 Å². The van der Waals surface area contributed by atoms with Crippen LogP contribution >= 0.6 is 0 Å². The molecule has 0 aromatic rings. The summed E-state index contributed by atoms with van der Waals surface area (Å²) in [5.74, 6) is -1.71. The minimum absolute atomic E-state index is 0.120. The van der Waals surface area contributed by atoms with E-state index in [4.69, 9.17) is 4.74 Å². The fourth-order valence-corrected chi connectivity index (χ4v) is 2.28. The van der Waals surface area contributed by atoms with Crippen LogP contribution in [-0.2, 0) is 14.3 Å². The van der Waals surface area contributed by atoms with Crippen LogP contribution in [0.3, 0.4) is 0 Å². The van der Waals surface area contributed by atoms with E-state index in [0.717, 1.165) is 17.7 Å². The molecule has 1 unspecified atom stereocenters. The van der Waals surface area contributed by atoms with Crippen LogP contribution in [0, 0.1) is 11.3 Å². The Bertz CT molecular complexity index is 388. The van der Waals surface area contributed by atoms with Crippen molar-refractivity contribution in [2.75, 3.05) is 19.8 Å². The van der Waals surface area contributed by atoms with Gasteiger partial charge in [0, 0.05) is 19.8 Å². The quantitative estimate of drug-likeness (QED) is 0.729. The molecule has 6 heteroatoms. The fraction of sp³-hybridized carbons (Fsp3) is 0.750. The van der Waals surface area contributed by atoms with E-state index in [1.807, 2.05) is 6.92 Å². The molecular formula is C12H18N2O4. The zero-order valence-electron chi connectivity index (χ0n) is 10.7. The van der Waals surface area contributed by atoms with Gasteiger partial charge in [0.2, 0.25) is 11.8 Å². The molecule has 18 heavy (non-hydrogen) atoms. The van der Waals surface area contributed by atoms with Crippen molar-refractivity contribution in [3.63, 3.8) is 0 Å². The van der Waals surface area contributed by atoms with Crippen LogP contribution in [0.25, 0.3) is 0 Å². The highest BCUT2D eigenvalue weighted by atomic mass is 16.5. The van der Waals surface area contributed by atoms with Crippen molar-refractivity contribution in [2.45, 2.75) is 26.7 Å². The lowest BCUT2D eigenvalue weighted by Gasteiger charge is -2.39. The lowest BCUT2D eigenvalue weighted by Crippen LogP contribution is -2.59. The Labute approximate surface area is 106 Å². The molecule has 1 atom stereocenters. The summed E-state index contributed by atoms with van der Waals surface area (Å²) in [6.45, 7) is 5.20. The van der Waals surface area contributed by atoms with Gasteiger partial charge in [0.25, 0.3) is 0 Å². The number of nitrogens with zero attached hydrogens (tertiary/aromatic N) is 1. The van der Waals surface area contributed by atoms with Gasteiger partial charge < -0.3 is 4.74 Å². The number of barbiturate groups is 1. The molecule has 2 aliphatic rings. The van der Waals surface area contributed by atoms with Crippen molar-refractivity contribution in [3.8, 4) is 0 Å². The molecule has 0 spiro atoms. The molecular weight excluding hydrogens is 236 g/mol. The Hall–Kier alpha value is -1.43. The van der Waals surface area contributed by atoms with Gasteiger partial charge in [-0.05, 0) is 25.2 Å². The first-order valence-electron chi connectivity index (χ1n) is 6.17. The standard InChI is InChI=1S/C12H18N2O4/c1-8-9(15)13-11(17)14(10(8)16)7-12(2)3-5-18-6-4-12/h8H,3-7H2,1-2H3,(H,13,15,17). The topological polar surface area (TPSA) is 75.7 Å². The number of hydrogen-bond acceptors (Lipinski definition) is 4. The van der Waals surface area contributed by atoms with Gasteiger partial charge in [-0.1, -0.05) is 6.92 Å². The van der Waals surface area contributed by atoms with Crippen molar-refractivity contribution >= 4 is 17.8 Å². The van der Waals surface area contributed by atoms with E-state index in [0.29, 0.717) is 19.8 Å². The monoisotopic (exact) mass is 254 g/mol. The van der Waals surface area contributed by atoms with Crippen LogP contribution in [0.2, 0.25) is 0 Å². The lowest BCUT2D eigenvalue weighted by atomic mass is 9.81. The predicted octanol–water partition coefficient (Wildman–Crippen LogP) is 0.518. The van der Waals surface area contributed by atoms with Crippen LogP contribution in [0.15, 0.2) is 0 Å². The summed E-state index contributed by atoms with van der Waals surface area (Å²) >= 11 is 0. The summed E-state index contributed by atoms with van der Waals surface area (Å²) in [4.78, 5) is 36.2. The van der Waals surface area contributed by atoms with Gasteiger partial charge in [-0.3, -0.25) is 19.8 Å². The molecule has 0 saturated carbocycles. The Morgan fingerprint density at radius 1 is 1.33 bits per heavy atom. The number of carbonyl (C=O) groups is 3. The van der Waals surface area contributed by atoms with Crippen LogP contribution in [0.4, 0.5) is 4.79 Å². The van der Waals surface area contributed by atoms with Gasteiger partial charge in [0.15, 0.2) is 0 Å². The van der Waals surface area contributed by atoms with E-state index < -0.39 is 23.8 Å². The highest BCUT2D eigenvalue weighted by molar-refractivity contribution is 6.15. The molecule has 2 heterocycles. The van der Waals surface area contributed by atoms with Crippen LogP contribution in [0.5, 0.6) is 0 Å². The number of imide groups is 2. The molecule has 2 saturated heterocycles. The maximum atomic E-state index is 12.0. The Kier molecular flexibility index (Phi) is 3.38. The maximum absolute atomic E-state index is 12.0. The molecule has 0 radical (unpaired) electrons. The molecule has 0 aromatic carbocycles. The first-order valence-corrected chi connectivity index (χ1v) is 6.17. The van der Waals surface area contributed by atoms with E-state index in [-0.39, 0.29) is 5.41 Å². The third-order valence-electron chi connectivity index (χ3n) is 3.74. The number of nitrogens with one attached hydrogen (secondary N) is 1. The van der Waals surface area contributed by atoms with E-state index in [1.54, 1.807) is 0 Å². The first kappa shape index (κ1) is 13.0. The Morgan fingerprint density at radius 3 is 2.56 bits per heavy atom. The third-order valence-corrected chi connectivity index (χ3v) is 3.74. The van der Waals surface area contributed by atoms with Gasteiger partial charge in [-0.15, -0.1) is 0 Å². The number of urea groups is 1. The predicted molar refractivity (Wildman–Crippen MR) is 62.6 cm³/mol. The summed E-state index contributed by atoms with van der Waals surface area (Å²) in [5.41, 5.74) is -0.120. The fourth-order valence-electron chi connectivity index (χ4n) is 2.28. The van der Waals surface area contributed by atoms with Crippen molar-refractivity contribution in [3.05, 3.63) is 0 Å². The Balaban J connectivity index is 2.09. The molecule has 0 aliphatic carbocycles. The van der Waals surface area contributed by atoms with Crippen molar-refractivity contribution in [1.82, 2.24) is 10.2 Å². The lowest BCUT2D eigenvalue weighted by molar-refractivity contribution is -0.143. The number of amides is 4. The largest absolute Gasteiger partial charge is 0.381 e. The maximum Gasteiger partial charge on any atom is 0.330 e. The molecule has 0 aromatic heterocycles. The Morgan fingerprint density at radius 2 is 1.94 bits per heavy atom. The second-order valence-electron chi connectivity index (χ2n) is 5.36. The van der Waals surface area contributed by atoms with E-state index >= 15 is 0 Å². The summed E-state index contributed by atoms with van der Waals surface area (Å²) in [6.07, 6.45) is 1.62. The molecule has 6 nitrogen and oxygen atoms in total. The van der Waals surface area contributed by atoms with Gasteiger partial charge in [0.05, 0.1) is 0 Å². The summed E-state index contributed by atoms with van der Waals surface area (Å²) in [7, 11) is 0. The van der Waals surface area contributed by atoms with Crippen molar-refractivity contribution < 1.29 is 19.1 Å². The highest BCUT2D eigenvalue weighted by Gasteiger charge is 2.41. The van der Waals surface area contributed by atoms with Crippen LogP contribution < -0.4 is 5.32 Å².